The molecule has 0 aliphatic rings. The fourth-order valence-corrected chi connectivity index (χ4v) is 1.49. The highest BCUT2D eigenvalue weighted by Gasteiger charge is 2.12. The molecule has 3 nitrogen and oxygen atoms in total. The summed E-state index contributed by atoms with van der Waals surface area (Å²) in [5.41, 5.74) is 3.48. The van der Waals surface area contributed by atoms with E-state index in [1.165, 1.54) is 0 Å². The highest BCUT2D eigenvalue weighted by atomic mass is 32.1. The van der Waals surface area contributed by atoms with Gasteiger partial charge in [-0.15, -0.1) is 5.26 Å². The molecule has 15 heavy (non-hydrogen) atoms. The van der Waals surface area contributed by atoms with Crippen LogP contribution in [0.1, 0.15) is 16.7 Å². The van der Waals surface area contributed by atoms with Crippen molar-refractivity contribution in [1.82, 2.24) is 0 Å². The molecule has 0 amide bonds. The smallest absolute Gasteiger partial charge is 0.292 e. The first kappa shape index (κ1) is 11.4. The fourth-order valence-electron chi connectivity index (χ4n) is 1.40. The number of nitriles is 1. The molecule has 1 aromatic rings. The highest BCUT2D eigenvalue weighted by molar-refractivity contribution is 7.78. The van der Waals surface area contributed by atoms with Gasteiger partial charge in [-0.1, -0.05) is 6.07 Å². The van der Waals surface area contributed by atoms with Crippen molar-refractivity contribution in [3.05, 3.63) is 22.8 Å². The lowest BCUT2D eigenvalue weighted by atomic mass is 10.0. The summed E-state index contributed by atoms with van der Waals surface area (Å²) in [6, 6.07) is 1.95. The summed E-state index contributed by atoms with van der Waals surface area (Å²) in [4.78, 5) is 3.94. The highest BCUT2D eigenvalue weighted by Crippen LogP contribution is 2.36. The Morgan fingerprint density at radius 1 is 1.33 bits per heavy atom. The summed E-state index contributed by atoms with van der Waals surface area (Å²) >= 11 is 4.57. The molecule has 76 valence electrons. The summed E-state index contributed by atoms with van der Waals surface area (Å²) in [5.74, 6) is 0.456. The summed E-state index contributed by atoms with van der Waals surface area (Å²) in [6.07, 6.45) is 1.65. The largest absolute Gasteiger partial charge is 0.385 e. The minimum absolute atomic E-state index is 0.456. The monoisotopic (exact) mass is 218 g/mol. The molecular formula is C11H10N2OS. The Kier molecular flexibility index (Phi) is 3.56. The molecule has 0 unspecified atom stereocenters. The van der Waals surface area contributed by atoms with Crippen LogP contribution < -0.4 is 4.74 Å². The second kappa shape index (κ2) is 4.70. The minimum atomic E-state index is 0.456. The lowest BCUT2D eigenvalue weighted by molar-refractivity contribution is 0.504. The lowest BCUT2D eigenvalue weighted by Crippen LogP contribution is -1.92. The number of nitrogens with zero attached hydrogens (tertiary/aromatic N) is 2. The van der Waals surface area contributed by atoms with Crippen molar-refractivity contribution in [2.45, 2.75) is 20.8 Å². The third-order valence-electron chi connectivity index (χ3n) is 2.26. The van der Waals surface area contributed by atoms with Gasteiger partial charge in [0.05, 0.1) is 5.16 Å². The van der Waals surface area contributed by atoms with Crippen molar-refractivity contribution >= 4 is 23.1 Å². The van der Waals surface area contributed by atoms with Gasteiger partial charge in [0.25, 0.3) is 6.26 Å². The first-order chi connectivity index (χ1) is 7.11. The zero-order chi connectivity index (χ0) is 11.4. The van der Waals surface area contributed by atoms with Crippen LogP contribution in [0.2, 0.25) is 0 Å². The van der Waals surface area contributed by atoms with Gasteiger partial charge in [0.1, 0.15) is 5.69 Å². The molecule has 0 heterocycles. The maximum atomic E-state index is 8.54. The van der Waals surface area contributed by atoms with E-state index >= 15 is 0 Å². The molecule has 0 saturated carbocycles. The number of isothiocyanates is 1. The van der Waals surface area contributed by atoms with Gasteiger partial charge in [-0.05, 0) is 49.7 Å². The zero-order valence-corrected chi connectivity index (χ0v) is 9.60. The average Bonchev–Trinajstić information content (AvgIpc) is 2.20. The van der Waals surface area contributed by atoms with Crippen molar-refractivity contribution in [2.24, 2.45) is 4.99 Å². The molecule has 0 N–H and O–H groups in total. The Morgan fingerprint density at radius 2 is 2.00 bits per heavy atom. The predicted molar refractivity (Wildman–Crippen MR) is 61.6 cm³/mol. The van der Waals surface area contributed by atoms with Gasteiger partial charge in [-0.2, -0.15) is 4.99 Å². The van der Waals surface area contributed by atoms with E-state index in [9.17, 15) is 0 Å². The third-order valence-corrected chi connectivity index (χ3v) is 2.35. The van der Waals surface area contributed by atoms with Crippen molar-refractivity contribution in [3.8, 4) is 12.0 Å². The maximum Gasteiger partial charge on any atom is 0.292 e. The quantitative estimate of drug-likeness (QED) is 0.435. The van der Waals surface area contributed by atoms with Crippen LogP contribution in [0, 0.1) is 32.3 Å². The van der Waals surface area contributed by atoms with Gasteiger partial charge in [0.2, 0.25) is 0 Å². The van der Waals surface area contributed by atoms with E-state index in [2.05, 4.69) is 22.4 Å². The maximum absolute atomic E-state index is 8.54. The molecule has 0 bridgehead atoms. The summed E-state index contributed by atoms with van der Waals surface area (Å²) in [5, 5.41) is 10.8. The summed E-state index contributed by atoms with van der Waals surface area (Å²) < 4.78 is 4.88. The number of hydrogen-bond acceptors (Lipinski definition) is 4. The normalized spacial score (nSPS) is 8.93. The first-order valence-corrected chi connectivity index (χ1v) is 4.77. The van der Waals surface area contributed by atoms with Gasteiger partial charge >= 0.3 is 0 Å². The van der Waals surface area contributed by atoms with E-state index in [1.807, 2.05) is 26.8 Å². The Labute approximate surface area is 94.0 Å². The van der Waals surface area contributed by atoms with Gasteiger partial charge in [-0.3, -0.25) is 0 Å². The van der Waals surface area contributed by atoms with Crippen LogP contribution >= 0.6 is 12.2 Å². The second-order valence-corrected chi connectivity index (χ2v) is 3.39. The molecule has 4 heteroatoms. The number of benzene rings is 1. The topological polar surface area (TPSA) is 45.4 Å². The summed E-state index contributed by atoms with van der Waals surface area (Å²) in [6.45, 7) is 5.74. The van der Waals surface area contributed by atoms with E-state index in [0.717, 1.165) is 16.7 Å². The number of aryl methyl sites for hydroxylation is 2. The van der Waals surface area contributed by atoms with Crippen LogP contribution in [-0.2, 0) is 0 Å². The Balaban J connectivity index is 3.54. The van der Waals surface area contributed by atoms with Crippen LogP contribution in [0.25, 0.3) is 0 Å². The Bertz CT molecular complexity index is 482. The molecule has 1 rings (SSSR count). The molecule has 1 aromatic carbocycles. The lowest BCUT2D eigenvalue weighted by Gasteiger charge is -2.10. The standard InChI is InChI=1S/C11H10N2OS/c1-7-4-8(2)11(14-5-12)10(9(7)3)13-6-15/h4H,1-3H3. The minimum Gasteiger partial charge on any atom is -0.385 e. The van der Waals surface area contributed by atoms with Crippen molar-refractivity contribution in [1.29, 1.82) is 5.26 Å². The number of hydrogen-bond donors (Lipinski definition) is 0. The van der Waals surface area contributed by atoms with Gasteiger partial charge in [0, 0.05) is 0 Å². The van der Waals surface area contributed by atoms with Gasteiger partial charge < -0.3 is 4.74 Å². The first-order valence-electron chi connectivity index (χ1n) is 4.36. The van der Waals surface area contributed by atoms with Crippen LogP contribution in [0.15, 0.2) is 11.1 Å². The number of ether oxygens (including phenoxy) is 1. The number of aliphatic imine (C=N–C) groups is 1. The molecule has 0 aromatic heterocycles. The Hall–Kier alpha value is -1.69. The Morgan fingerprint density at radius 3 is 2.53 bits per heavy atom. The molecule has 0 saturated heterocycles. The molecule has 0 spiro atoms. The summed E-state index contributed by atoms with van der Waals surface area (Å²) in [7, 11) is 0. The molecular weight excluding hydrogens is 208 g/mol. The predicted octanol–water partition coefficient (Wildman–Crippen LogP) is 3.21. The molecule has 0 atom stereocenters. The third kappa shape index (κ3) is 2.21. The van der Waals surface area contributed by atoms with Gasteiger partial charge in [-0.25, -0.2) is 0 Å². The van der Waals surface area contributed by atoms with Gasteiger partial charge in [0.15, 0.2) is 5.75 Å². The van der Waals surface area contributed by atoms with Crippen molar-refractivity contribution in [3.63, 3.8) is 0 Å². The molecule has 0 radical (unpaired) electrons. The van der Waals surface area contributed by atoms with E-state index in [1.54, 1.807) is 6.26 Å². The van der Waals surface area contributed by atoms with E-state index < -0.39 is 0 Å². The van der Waals surface area contributed by atoms with E-state index in [0.29, 0.717) is 11.4 Å². The van der Waals surface area contributed by atoms with Crippen LogP contribution in [0.3, 0.4) is 0 Å². The number of rotatable bonds is 2. The van der Waals surface area contributed by atoms with Crippen LogP contribution in [0.5, 0.6) is 5.75 Å². The molecule has 0 aliphatic heterocycles. The zero-order valence-electron chi connectivity index (χ0n) is 8.79. The van der Waals surface area contributed by atoms with E-state index in [4.69, 9.17) is 10.00 Å². The fraction of sp³-hybridized carbons (Fsp3) is 0.273. The van der Waals surface area contributed by atoms with Crippen molar-refractivity contribution < 1.29 is 4.74 Å². The van der Waals surface area contributed by atoms with Crippen molar-refractivity contribution in [2.75, 3.05) is 0 Å². The average molecular weight is 218 g/mol. The van der Waals surface area contributed by atoms with Crippen LogP contribution in [0.4, 0.5) is 5.69 Å². The molecule has 0 aliphatic carbocycles. The number of thiocarbonyl (C=S) groups is 1. The SMILES string of the molecule is Cc1cc(C)c(OC#N)c(N=C=S)c1C. The van der Waals surface area contributed by atoms with E-state index in [-0.39, 0.29) is 0 Å². The van der Waals surface area contributed by atoms with Crippen LogP contribution in [-0.4, -0.2) is 5.16 Å². The molecule has 0 fully saturated rings. The second-order valence-electron chi connectivity index (χ2n) is 3.21.